The van der Waals surface area contributed by atoms with Gasteiger partial charge in [0.05, 0.1) is 19.3 Å². The lowest BCUT2D eigenvalue weighted by atomic mass is 10.1. The molecular weight excluding hydrogens is 206 g/mol. The van der Waals surface area contributed by atoms with Crippen LogP contribution < -0.4 is 0 Å². The third-order valence-electron chi connectivity index (χ3n) is 2.71. The molecule has 0 N–H and O–H groups in total. The molecule has 1 fully saturated rings. The Balaban J connectivity index is 2.12. The van der Waals surface area contributed by atoms with Gasteiger partial charge >= 0.3 is 0 Å². The molecule has 0 amide bonds. The second-order valence-corrected chi connectivity index (χ2v) is 3.91. The highest BCUT2D eigenvalue weighted by molar-refractivity contribution is 7.79. The molecule has 1 saturated heterocycles. The van der Waals surface area contributed by atoms with Crippen LogP contribution in [0.2, 0.25) is 0 Å². The first-order valence-corrected chi connectivity index (χ1v) is 5.71. The van der Waals surface area contributed by atoms with Crippen molar-refractivity contribution in [3.63, 3.8) is 0 Å². The van der Waals surface area contributed by atoms with Crippen LogP contribution in [0.1, 0.15) is 11.6 Å². The molecule has 1 atom stereocenters. The summed E-state index contributed by atoms with van der Waals surface area (Å²) in [4.78, 5) is 2.37. The van der Waals surface area contributed by atoms with Crippen molar-refractivity contribution in [3.05, 3.63) is 35.9 Å². The topological polar surface area (TPSA) is 12.5 Å². The molecule has 1 unspecified atom stereocenters. The Labute approximate surface area is 95.8 Å². The quantitative estimate of drug-likeness (QED) is 0.725. The molecule has 3 heteroatoms. The van der Waals surface area contributed by atoms with E-state index < -0.39 is 0 Å². The van der Waals surface area contributed by atoms with Crippen LogP contribution >= 0.6 is 12.2 Å². The van der Waals surface area contributed by atoms with Gasteiger partial charge in [-0.2, -0.15) is 0 Å². The van der Waals surface area contributed by atoms with Gasteiger partial charge in [-0.1, -0.05) is 42.5 Å². The Morgan fingerprint density at radius 2 is 1.87 bits per heavy atom. The lowest BCUT2D eigenvalue weighted by molar-refractivity contribution is 0.0298. The maximum Gasteiger partial charge on any atom is 0.0636 e. The van der Waals surface area contributed by atoms with E-state index in [-0.39, 0.29) is 6.04 Å². The molecule has 2 nitrogen and oxygen atoms in total. The van der Waals surface area contributed by atoms with Crippen molar-refractivity contribution in [2.75, 3.05) is 26.3 Å². The van der Waals surface area contributed by atoms with Crippen LogP contribution in [0.3, 0.4) is 0 Å². The molecular formula is C12H15NOS. The van der Waals surface area contributed by atoms with Crippen molar-refractivity contribution in [3.8, 4) is 0 Å². The molecule has 0 aromatic heterocycles. The SMILES string of the molecule is S=CC(c1ccccc1)N1CCOCC1. The van der Waals surface area contributed by atoms with Crippen molar-refractivity contribution in [1.82, 2.24) is 4.90 Å². The molecule has 1 aromatic carbocycles. The van der Waals surface area contributed by atoms with Crippen LogP contribution in [-0.4, -0.2) is 36.6 Å². The fourth-order valence-electron chi connectivity index (χ4n) is 1.88. The van der Waals surface area contributed by atoms with Gasteiger partial charge in [0.2, 0.25) is 0 Å². The first-order valence-electron chi connectivity index (χ1n) is 5.24. The molecule has 15 heavy (non-hydrogen) atoms. The van der Waals surface area contributed by atoms with E-state index in [0.717, 1.165) is 26.3 Å². The number of nitrogens with zero attached hydrogens (tertiary/aromatic N) is 1. The Hall–Kier alpha value is -0.770. The van der Waals surface area contributed by atoms with Gasteiger partial charge in [0.25, 0.3) is 0 Å². The van der Waals surface area contributed by atoms with Crippen LogP contribution in [0.15, 0.2) is 30.3 Å². The molecule has 0 saturated carbocycles. The van der Waals surface area contributed by atoms with E-state index >= 15 is 0 Å². The van der Waals surface area contributed by atoms with Crippen LogP contribution in [0.4, 0.5) is 0 Å². The number of morpholine rings is 1. The van der Waals surface area contributed by atoms with Crippen LogP contribution in [0.25, 0.3) is 0 Å². The summed E-state index contributed by atoms with van der Waals surface area (Å²) in [6.07, 6.45) is 0. The average Bonchev–Trinajstić information content (AvgIpc) is 2.33. The van der Waals surface area contributed by atoms with Gasteiger partial charge in [0.15, 0.2) is 0 Å². The minimum atomic E-state index is 0.255. The number of thiocarbonyl (C=S) groups is 1. The normalized spacial score (nSPS) is 19.7. The van der Waals surface area contributed by atoms with Gasteiger partial charge in [-0.25, -0.2) is 0 Å². The van der Waals surface area contributed by atoms with Crippen molar-refractivity contribution in [1.29, 1.82) is 0 Å². The van der Waals surface area contributed by atoms with Gasteiger partial charge < -0.3 is 4.74 Å². The molecule has 1 heterocycles. The van der Waals surface area contributed by atoms with Gasteiger partial charge in [-0.05, 0) is 5.56 Å². The van der Waals surface area contributed by atoms with E-state index in [1.807, 2.05) is 11.4 Å². The molecule has 80 valence electrons. The van der Waals surface area contributed by atoms with E-state index in [1.165, 1.54) is 5.56 Å². The zero-order chi connectivity index (χ0) is 10.5. The Kier molecular flexibility index (Phi) is 3.83. The molecule has 0 spiro atoms. The molecule has 0 radical (unpaired) electrons. The predicted molar refractivity (Wildman–Crippen MR) is 65.2 cm³/mol. The highest BCUT2D eigenvalue weighted by Crippen LogP contribution is 2.19. The van der Waals surface area contributed by atoms with Crippen molar-refractivity contribution < 1.29 is 4.74 Å². The van der Waals surface area contributed by atoms with Crippen molar-refractivity contribution >= 4 is 17.6 Å². The van der Waals surface area contributed by atoms with Gasteiger partial charge in [-0.3, -0.25) is 4.90 Å². The van der Waals surface area contributed by atoms with Crippen LogP contribution in [0, 0.1) is 0 Å². The summed E-state index contributed by atoms with van der Waals surface area (Å²) in [5.41, 5.74) is 1.27. The molecule has 1 aliphatic rings. The van der Waals surface area contributed by atoms with Crippen LogP contribution in [0.5, 0.6) is 0 Å². The number of ether oxygens (including phenoxy) is 1. The minimum absolute atomic E-state index is 0.255. The fourth-order valence-corrected chi connectivity index (χ4v) is 2.21. The van der Waals surface area contributed by atoms with Crippen molar-refractivity contribution in [2.24, 2.45) is 0 Å². The largest absolute Gasteiger partial charge is 0.379 e. The highest BCUT2D eigenvalue weighted by Gasteiger charge is 2.19. The van der Waals surface area contributed by atoms with E-state index in [2.05, 4.69) is 29.2 Å². The average molecular weight is 221 g/mol. The predicted octanol–water partition coefficient (Wildman–Crippen LogP) is 2.06. The second-order valence-electron chi connectivity index (χ2n) is 3.64. The monoisotopic (exact) mass is 221 g/mol. The molecule has 1 aliphatic heterocycles. The summed E-state index contributed by atoms with van der Waals surface area (Å²) in [6.45, 7) is 3.55. The van der Waals surface area contributed by atoms with E-state index in [4.69, 9.17) is 17.0 Å². The number of rotatable bonds is 3. The zero-order valence-corrected chi connectivity index (χ0v) is 9.45. The molecule has 0 bridgehead atoms. The fraction of sp³-hybridized carbons (Fsp3) is 0.417. The van der Waals surface area contributed by atoms with Crippen LogP contribution in [-0.2, 0) is 4.74 Å². The molecule has 2 rings (SSSR count). The lowest BCUT2D eigenvalue weighted by Gasteiger charge is -2.32. The molecule has 1 aromatic rings. The smallest absolute Gasteiger partial charge is 0.0636 e. The second kappa shape index (κ2) is 5.35. The Bertz CT molecular complexity index is 309. The maximum atomic E-state index is 5.34. The Morgan fingerprint density at radius 3 is 2.47 bits per heavy atom. The summed E-state index contributed by atoms with van der Waals surface area (Å²) in [6, 6.07) is 10.7. The maximum absolute atomic E-state index is 5.34. The number of benzene rings is 1. The standard InChI is InChI=1S/C12H15NOS/c15-10-12(11-4-2-1-3-5-11)13-6-8-14-9-7-13/h1-5,10,12H,6-9H2. The minimum Gasteiger partial charge on any atom is -0.379 e. The van der Waals surface area contributed by atoms with E-state index in [9.17, 15) is 0 Å². The Morgan fingerprint density at radius 1 is 1.20 bits per heavy atom. The first kappa shape index (κ1) is 10.7. The third-order valence-corrected chi connectivity index (χ3v) is 2.97. The summed E-state index contributed by atoms with van der Waals surface area (Å²) in [5.74, 6) is 0. The first-order chi connectivity index (χ1) is 7.42. The zero-order valence-electron chi connectivity index (χ0n) is 8.63. The summed E-state index contributed by atoms with van der Waals surface area (Å²) < 4.78 is 5.34. The van der Waals surface area contributed by atoms with Gasteiger partial charge in [-0.15, -0.1) is 0 Å². The van der Waals surface area contributed by atoms with Crippen molar-refractivity contribution in [2.45, 2.75) is 6.04 Å². The number of hydrogen-bond donors (Lipinski definition) is 0. The van der Waals surface area contributed by atoms with E-state index in [0.29, 0.717) is 0 Å². The van der Waals surface area contributed by atoms with E-state index in [1.54, 1.807) is 0 Å². The highest BCUT2D eigenvalue weighted by atomic mass is 32.1. The number of hydrogen-bond acceptors (Lipinski definition) is 3. The third kappa shape index (κ3) is 2.62. The summed E-state index contributed by atoms with van der Waals surface area (Å²) in [7, 11) is 0. The van der Waals surface area contributed by atoms with Gasteiger partial charge in [0, 0.05) is 18.5 Å². The lowest BCUT2D eigenvalue weighted by Crippen LogP contribution is -2.39. The summed E-state index contributed by atoms with van der Waals surface area (Å²) in [5, 5.41) is 1.85. The molecule has 0 aliphatic carbocycles. The summed E-state index contributed by atoms with van der Waals surface area (Å²) >= 11 is 5.13. The van der Waals surface area contributed by atoms with Gasteiger partial charge in [0.1, 0.15) is 0 Å².